The molecule has 135 heavy (non-hydrogen) atoms. The van der Waals surface area contributed by atoms with E-state index in [1.165, 1.54) is 54.3 Å². The molecule has 3 aromatic heterocycles. The number of rotatable bonds is 19. The second-order valence-electron chi connectivity index (χ2n) is 41.6. The zero-order valence-electron chi connectivity index (χ0n) is 83.8. The molecule has 29 heteroatoms. The number of ether oxygens (including phenoxy) is 2. The first-order valence-electron chi connectivity index (χ1n) is 45.0. The molecule has 1 aliphatic carbocycles. The molecule has 0 spiro atoms. The molecule has 7 aromatic carbocycles. The predicted octanol–water partition coefficient (Wildman–Crippen LogP) is 19.4. The molecule has 26 nitrogen and oxygen atoms in total. The van der Waals surface area contributed by atoms with E-state index >= 15 is 0 Å². The Hall–Kier alpha value is -12.4. The van der Waals surface area contributed by atoms with Crippen molar-refractivity contribution in [2.75, 3.05) is 7.11 Å². The summed E-state index contributed by atoms with van der Waals surface area (Å²) in [6.45, 7) is 48.6. The van der Waals surface area contributed by atoms with Crippen molar-refractivity contribution in [1.29, 1.82) is 0 Å². The third kappa shape index (κ3) is 42.8. The molecular formula is C106H143F3N10O16. The van der Waals surface area contributed by atoms with E-state index in [2.05, 4.69) is 101 Å². The number of aliphatic hydroxyl groups is 2. The molecule has 5 amide bonds. The van der Waals surface area contributed by atoms with Gasteiger partial charge in [-0.3, -0.25) is 43.3 Å². The molecule has 0 bridgehead atoms. The lowest BCUT2D eigenvalue weighted by molar-refractivity contribution is -0.274. The van der Waals surface area contributed by atoms with Gasteiger partial charge in [0.05, 0.1) is 66.0 Å². The number of hydrogen-bond acceptors (Lipinski definition) is 19. The standard InChI is InChI=1S/C16H18O.C15H20N2O.C15H17NO.C14H19NO3.C13H16F3NO2.C13H17NO3.C11H21NO3.C9H15N3O2/c1-16(2,3)15(17)11-12-8-9-13-6-4-5-7-14(13)10-12;1-15(2,3)10-11(18)9-14-16-12-7-5-6-8-13(12)17(14)4;1-15(2,3)14(17)10-11-6-7-13-12(9-11)5-4-8-16-13;1-14(2,3)13(17)15-9-10-5-7-11(8-6-10)12(16)18-4;1-12(2,3)11(18)17-8-9-4-6-10(7-5-9)19-13(14,15)16;1-13(2,3)12(17)14-8-9-4-6-10(7-5-9)11(15)16;1-11(2,3)10(15)12-7-5-4-6-8(13)9(7)14;1-6-11-12-7(14-6)5-10-8(13)9(2,3)4/h4-10H,11H2,1-3H3;5-8H,9-10H2,1-4H3;4-9H,10H2,1-3H3;5-8H,9H2,1-4H3,(H,15,17);4-7H,8H2,1-3H3,(H,17,18);4-7H,8H2,1-3H3,(H,14,17)(H,15,16);7-9,13-14H,4-6H2,1-3H3,(H,12,15);5H2,1-4H3,(H,10,13)/t;;;;;;7-,8-,9+;/m......0./s1. The number of ketones is 3. The molecular weight excluding hydrogens is 1730 g/mol. The fourth-order valence-electron chi connectivity index (χ4n) is 12.0. The number of pyridine rings is 1. The maximum atomic E-state index is 12.0. The minimum Gasteiger partial charge on any atom is -0.478 e. The van der Waals surface area contributed by atoms with E-state index in [4.69, 9.17) is 9.52 Å². The van der Waals surface area contributed by atoms with Gasteiger partial charge < -0.3 is 60.4 Å². The van der Waals surface area contributed by atoms with Gasteiger partial charge in [0.25, 0.3) is 0 Å². The third-order valence-electron chi connectivity index (χ3n) is 20.5. The molecule has 734 valence electrons. The largest absolute Gasteiger partial charge is 0.573 e. The van der Waals surface area contributed by atoms with Crippen molar-refractivity contribution in [3.63, 3.8) is 0 Å². The van der Waals surface area contributed by atoms with Crippen LogP contribution >= 0.6 is 0 Å². The average molecular weight is 1870 g/mol. The predicted molar refractivity (Wildman–Crippen MR) is 521 cm³/mol. The molecule has 0 unspecified atom stereocenters. The van der Waals surface area contributed by atoms with E-state index in [1.54, 1.807) is 70.3 Å². The summed E-state index contributed by atoms with van der Waals surface area (Å²) in [5.74, 6) is 0.732. The first-order chi connectivity index (χ1) is 62.2. The first kappa shape index (κ1) is 115. The molecule has 1 fully saturated rings. The minimum absolute atomic E-state index is 0.000422. The first-order valence-corrected chi connectivity index (χ1v) is 45.0. The van der Waals surface area contributed by atoms with Gasteiger partial charge in [0.2, 0.25) is 41.3 Å². The summed E-state index contributed by atoms with van der Waals surface area (Å²) >= 11 is 0. The Morgan fingerprint density at radius 2 is 0.881 bits per heavy atom. The van der Waals surface area contributed by atoms with Gasteiger partial charge in [0, 0.05) is 102 Å². The summed E-state index contributed by atoms with van der Waals surface area (Å²) in [4.78, 5) is 125. The van der Waals surface area contributed by atoms with Crippen LogP contribution in [0.25, 0.3) is 32.7 Å². The highest BCUT2D eigenvalue weighted by atomic mass is 19.4. The Morgan fingerprint density at radius 1 is 0.459 bits per heavy atom. The molecule has 10 aromatic rings. The van der Waals surface area contributed by atoms with E-state index in [-0.39, 0.29) is 99.5 Å². The number of halogens is 3. The Balaban J connectivity index is 0.000000323. The van der Waals surface area contributed by atoms with Crippen LogP contribution in [-0.4, -0.2) is 131 Å². The van der Waals surface area contributed by atoms with Crippen molar-refractivity contribution in [2.24, 2.45) is 50.4 Å². The molecule has 3 heterocycles. The van der Waals surface area contributed by atoms with Gasteiger partial charge in [0.15, 0.2) is 0 Å². The van der Waals surface area contributed by atoms with E-state index in [0.717, 1.165) is 62.9 Å². The second-order valence-corrected chi connectivity index (χ2v) is 41.6. The van der Waals surface area contributed by atoms with E-state index in [0.29, 0.717) is 68.1 Å². The number of nitrogens with zero attached hydrogens (tertiary/aromatic N) is 5. The highest BCUT2D eigenvalue weighted by Crippen LogP contribution is 2.29. The Kier molecular flexibility index (Phi) is 43.3. The number of aromatic carboxylic acids is 1. The topological polar surface area (TPSA) is 380 Å². The number of benzene rings is 7. The number of alkyl halides is 3. The number of imidazole rings is 1. The number of methoxy groups -OCH3 is 1. The van der Waals surface area contributed by atoms with Crippen molar-refractivity contribution in [3.05, 3.63) is 233 Å². The number of carbonyl (C=O) groups excluding carboxylic acids is 9. The number of aryl methyl sites for hydroxylation is 2. The fraction of sp³-hybridized carbons (Fsp3) is 0.472. The summed E-state index contributed by atoms with van der Waals surface area (Å²) in [5.41, 5.74) is 5.79. The van der Waals surface area contributed by atoms with Crippen LogP contribution in [0.15, 0.2) is 180 Å². The molecule has 1 saturated carbocycles. The summed E-state index contributed by atoms with van der Waals surface area (Å²) in [6.07, 6.45) is -0.226. The van der Waals surface area contributed by atoms with Gasteiger partial charge in [-0.05, 0) is 130 Å². The smallest absolute Gasteiger partial charge is 0.478 e. The number of aliphatic hydroxyl groups excluding tert-OH is 2. The number of amides is 5. The highest BCUT2D eigenvalue weighted by Gasteiger charge is 2.35. The van der Waals surface area contributed by atoms with Crippen LogP contribution in [0.1, 0.15) is 258 Å². The van der Waals surface area contributed by atoms with Crippen molar-refractivity contribution in [3.8, 4) is 5.75 Å². The normalized spacial score (nSPS) is 13.9. The summed E-state index contributed by atoms with van der Waals surface area (Å²) in [7, 11) is 3.31. The van der Waals surface area contributed by atoms with E-state index in [9.17, 15) is 71.3 Å². The quantitative estimate of drug-likeness (QED) is 0.0349. The number of para-hydroxylation sites is 2. The van der Waals surface area contributed by atoms with Crippen LogP contribution < -0.4 is 31.3 Å². The van der Waals surface area contributed by atoms with E-state index in [1.807, 2.05) is 209 Å². The van der Waals surface area contributed by atoms with Crippen molar-refractivity contribution < 1.29 is 90.3 Å². The van der Waals surface area contributed by atoms with Gasteiger partial charge in [-0.15, -0.1) is 23.4 Å². The van der Waals surface area contributed by atoms with Gasteiger partial charge >= 0.3 is 18.3 Å². The SMILES string of the molecule is CC(C)(C)C(=O)Cc1ccc2ccccc2c1.CC(C)(C)C(=O)Cc1ccc2ncccc2c1.CC(C)(C)C(=O)NCc1ccc(C(=O)O)cc1.CC(C)(C)C(=O)NCc1ccc(OC(F)(F)F)cc1.CC(C)(C)C(=O)N[C@H]1CCC[C@H](O)[C@@H]1O.COC(=O)c1ccc(CNC(=O)C(C)(C)C)cc1.Cc1nnc(CNC(=O)C(C)(C)C)o1.Cn1c(CC(=O)CC(C)(C)C)nc2ccccc21. The van der Waals surface area contributed by atoms with Crippen LogP contribution in [0.2, 0.25) is 0 Å². The molecule has 11 rings (SSSR count). The molecule has 0 radical (unpaired) electrons. The van der Waals surface area contributed by atoms with Crippen molar-refractivity contribution >= 4 is 91.5 Å². The Bertz CT molecular complexity index is 5450. The maximum Gasteiger partial charge on any atom is 0.573 e. The van der Waals surface area contributed by atoms with Crippen LogP contribution in [0.4, 0.5) is 13.2 Å². The number of fused-ring (bicyclic) bond motifs is 3. The number of esters is 1. The number of nitrogens with one attached hydrogen (secondary N) is 5. The van der Waals surface area contributed by atoms with Crippen LogP contribution in [0.3, 0.4) is 0 Å². The number of Topliss-reactive ketones (excluding diaryl/α,β-unsaturated/α-hetero) is 3. The van der Waals surface area contributed by atoms with E-state index < -0.39 is 51.6 Å². The minimum atomic E-state index is -4.69. The molecule has 3 atom stereocenters. The second kappa shape index (κ2) is 50.8. The lowest BCUT2D eigenvalue weighted by atomic mass is 9.87. The number of carboxylic acids is 1. The van der Waals surface area contributed by atoms with Gasteiger partial charge in [-0.25, -0.2) is 14.6 Å². The Morgan fingerprint density at radius 3 is 1.31 bits per heavy atom. The highest BCUT2D eigenvalue weighted by molar-refractivity contribution is 5.92. The number of carboxylic acid groups (broad SMARTS) is 1. The van der Waals surface area contributed by atoms with Crippen LogP contribution in [0, 0.1) is 50.2 Å². The molecule has 0 saturated heterocycles. The average Bonchev–Trinajstić information content (AvgIpc) is 1.77. The van der Waals surface area contributed by atoms with Crippen molar-refractivity contribution in [2.45, 2.75) is 269 Å². The zero-order valence-corrected chi connectivity index (χ0v) is 83.8. The number of hydrogen-bond donors (Lipinski definition) is 8. The number of carbonyl (C=O) groups is 10. The maximum absolute atomic E-state index is 12.0. The third-order valence-corrected chi connectivity index (χ3v) is 20.5. The fourth-order valence-corrected chi connectivity index (χ4v) is 12.0. The summed E-state index contributed by atoms with van der Waals surface area (Å²) in [5, 5.41) is 52.7. The van der Waals surface area contributed by atoms with Crippen LogP contribution in [0.5, 0.6) is 5.75 Å². The Labute approximate surface area is 793 Å². The lowest BCUT2D eigenvalue weighted by Gasteiger charge is -2.34. The summed E-state index contributed by atoms with van der Waals surface area (Å²) in [6, 6.07) is 50.9. The monoisotopic (exact) mass is 1870 g/mol. The lowest BCUT2D eigenvalue weighted by Crippen LogP contribution is -2.53. The van der Waals surface area contributed by atoms with Gasteiger partial charge in [-0.1, -0.05) is 269 Å². The zero-order chi connectivity index (χ0) is 102. The number of aromatic nitrogens is 5. The molecule has 0 aliphatic heterocycles. The van der Waals surface area contributed by atoms with Crippen LogP contribution in [-0.2, 0) is 95.6 Å². The molecule has 1 aliphatic rings. The van der Waals surface area contributed by atoms with Gasteiger partial charge in [-0.2, -0.15) is 0 Å². The summed E-state index contributed by atoms with van der Waals surface area (Å²) < 4.78 is 51.3. The van der Waals surface area contributed by atoms with Gasteiger partial charge in [0.1, 0.15) is 28.9 Å². The van der Waals surface area contributed by atoms with Crippen molar-refractivity contribution in [1.82, 2.24) is 51.3 Å². The molecule has 8 N–H and O–H groups in total.